The maximum absolute atomic E-state index is 12.3. The van der Waals surface area contributed by atoms with E-state index in [9.17, 15) is 22.8 Å². The highest BCUT2D eigenvalue weighted by Gasteiger charge is 2.31. The number of hydrogen-bond donors (Lipinski definition) is 1. The van der Waals surface area contributed by atoms with Gasteiger partial charge < -0.3 is 14.8 Å². The molecular weight excluding hydrogens is 425 g/mol. The Labute approximate surface area is 175 Å². The quantitative estimate of drug-likeness (QED) is 0.435. The van der Waals surface area contributed by atoms with E-state index < -0.39 is 12.1 Å². The molecule has 0 spiro atoms. The molecule has 10 heteroatoms. The standard InChI is InChI=1S/C20H18ClF3N2O4/c21-15-11-14(30-20(22,23)24)5-6-17(15)29-9-1-2-16(27)13-7-8-25-18(10-13)26-19(28)12-3-4-12/h5-8,10-12H,1-4,9H2,(H,25,26,28). The van der Waals surface area contributed by atoms with Gasteiger partial charge in [0.25, 0.3) is 0 Å². The number of alkyl halides is 3. The molecule has 1 amide bonds. The highest BCUT2D eigenvalue weighted by atomic mass is 35.5. The number of carbonyl (C=O) groups is 2. The number of halogens is 4. The molecule has 0 bridgehead atoms. The summed E-state index contributed by atoms with van der Waals surface area (Å²) in [5.74, 6) is -0.136. The van der Waals surface area contributed by atoms with E-state index in [1.807, 2.05) is 0 Å². The molecule has 0 atom stereocenters. The molecule has 1 saturated carbocycles. The van der Waals surface area contributed by atoms with Crippen LogP contribution in [0.1, 0.15) is 36.0 Å². The van der Waals surface area contributed by atoms with Gasteiger partial charge >= 0.3 is 6.36 Å². The van der Waals surface area contributed by atoms with Crippen LogP contribution >= 0.6 is 11.6 Å². The number of anilines is 1. The topological polar surface area (TPSA) is 77.5 Å². The number of nitrogens with one attached hydrogen (secondary N) is 1. The number of carbonyl (C=O) groups excluding carboxylic acids is 2. The molecule has 6 nitrogen and oxygen atoms in total. The average molecular weight is 443 g/mol. The zero-order valence-corrected chi connectivity index (χ0v) is 16.4. The van der Waals surface area contributed by atoms with Crippen LogP contribution in [-0.4, -0.2) is 29.6 Å². The number of aromatic nitrogens is 1. The molecule has 1 aliphatic carbocycles. The summed E-state index contributed by atoms with van der Waals surface area (Å²) in [4.78, 5) is 28.2. The minimum atomic E-state index is -4.81. The third-order valence-corrected chi connectivity index (χ3v) is 4.52. The van der Waals surface area contributed by atoms with Crippen LogP contribution in [0.25, 0.3) is 0 Å². The number of pyridine rings is 1. The maximum Gasteiger partial charge on any atom is 0.573 e. The number of nitrogens with zero attached hydrogens (tertiary/aromatic N) is 1. The monoisotopic (exact) mass is 442 g/mol. The van der Waals surface area contributed by atoms with Gasteiger partial charge in [-0.15, -0.1) is 13.2 Å². The van der Waals surface area contributed by atoms with Crippen LogP contribution in [0, 0.1) is 5.92 Å². The van der Waals surface area contributed by atoms with E-state index in [0.717, 1.165) is 25.0 Å². The van der Waals surface area contributed by atoms with Crippen molar-refractivity contribution in [1.82, 2.24) is 4.98 Å². The summed E-state index contributed by atoms with van der Waals surface area (Å²) in [6.45, 7) is 0.140. The van der Waals surface area contributed by atoms with Crippen molar-refractivity contribution < 1.29 is 32.2 Å². The first-order valence-corrected chi connectivity index (χ1v) is 9.57. The molecule has 0 saturated heterocycles. The lowest BCUT2D eigenvalue weighted by atomic mass is 10.1. The summed E-state index contributed by atoms with van der Waals surface area (Å²) in [6, 6.07) is 6.45. The van der Waals surface area contributed by atoms with Crippen molar-refractivity contribution in [3.8, 4) is 11.5 Å². The predicted octanol–water partition coefficient (Wildman–Crippen LogP) is 5.02. The summed E-state index contributed by atoms with van der Waals surface area (Å²) < 4.78 is 45.8. The number of ketones is 1. The van der Waals surface area contributed by atoms with Crippen molar-refractivity contribution in [2.24, 2.45) is 5.92 Å². The third-order valence-electron chi connectivity index (χ3n) is 4.22. The van der Waals surface area contributed by atoms with Gasteiger partial charge in [-0.25, -0.2) is 4.98 Å². The molecule has 3 rings (SSSR count). The lowest BCUT2D eigenvalue weighted by Crippen LogP contribution is -2.17. The molecule has 1 aliphatic rings. The molecule has 0 radical (unpaired) electrons. The van der Waals surface area contributed by atoms with Gasteiger partial charge in [-0.3, -0.25) is 9.59 Å². The number of hydrogen-bond acceptors (Lipinski definition) is 5. The fourth-order valence-corrected chi connectivity index (χ4v) is 2.83. The first-order valence-electron chi connectivity index (χ1n) is 9.19. The Balaban J connectivity index is 1.46. The van der Waals surface area contributed by atoms with Crippen molar-refractivity contribution in [2.75, 3.05) is 11.9 Å². The van der Waals surface area contributed by atoms with Crippen molar-refractivity contribution in [3.05, 3.63) is 47.1 Å². The van der Waals surface area contributed by atoms with Crippen LogP contribution in [0.15, 0.2) is 36.5 Å². The molecule has 1 aromatic carbocycles. The van der Waals surface area contributed by atoms with Crippen molar-refractivity contribution in [3.63, 3.8) is 0 Å². The zero-order valence-electron chi connectivity index (χ0n) is 15.7. The van der Waals surface area contributed by atoms with Crippen molar-refractivity contribution >= 4 is 29.1 Å². The second-order valence-corrected chi connectivity index (χ2v) is 7.12. The van der Waals surface area contributed by atoms with Gasteiger partial charge in [-0.1, -0.05) is 11.6 Å². The Morgan fingerprint density at radius 2 is 1.97 bits per heavy atom. The fourth-order valence-electron chi connectivity index (χ4n) is 2.60. The number of Topliss-reactive ketones (excluding diaryl/α,β-unsaturated/α-hetero) is 1. The van der Waals surface area contributed by atoms with Gasteiger partial charge in [0.05, 0.1) is 11.6 Å². The highest BCUT2D eigenvalue weighted by Crippen LogP contribution is 2.32. The Bertz CT molecular complexity index is 933. The Kier molecular flexibility index (Phi) is 6.81. The third kappa shape index (κ3) is 6.62. The molecule has 160 valence electrons. The lowest BCUT2D eigenvalue weighted by Gasteiger charge is -2.12. The van der Waals surface area contributed by atoms with E-state index in [-0.39, 0.29) is 41.4 Å². The van der Waals surface area contributed by atoms with Crippen LogP contribution < -0.4 is 14.8 Å². The van der Waals surface area contributed by atoms with Crippen LogP contribution in [-0.2, 0) is 4.79 Å². The Hall–Kier alpha value is -2.81. The Morgan fingerprint density at radius 3 is 2.63 bits per heavy atom. The second-order valence-electron chi connectivity index (χ2n) is 6.71. The summed E-state index contributed by atoms with van der Waals surface area (Å²) in [5.41, 5.74) is 0.419. The van der Waals surface area contributed by atoms with E-state index in [0.29, 0.717) is 17.8 Å². The number of ether oxygens (including phenoxy) is 2. The lowest BCUT2D eigenvalue weighted by molar-refractivity contribution is -0.274. The molecule has 0 aliphatic heterocycles. The summed E-state index contributed by atoms with van der Waals surface area (Å²) in [6.07, 6.45) is -1.08. The normalized spacial score (nSPS) is 13.6. The highest BCUT2D eigenvalue weighted by molar-refractivity contribution is 6.32. The van der Waals surface area contributed by atoms with Gasteiger partial charge in [-0.05, 0) is 43.5 Å². The van der Waals surface area contributed by atoms with E-state index in [1.54, 1.807) is 6.07 Å². The summed E-state index contributed by atoms with van der Waals surface area (Å²) in [7, 11) is 0. The van der Waals surface area contributed by atoms with Gasteiger partial charge in [-0.2, -0.15) is 0 Å². The molecule has 30 heavy (non-hydrogen) atoms. The first-order chi connectivity index (χ1) is 14.2. The number of rotatable bonds is 9. The molecule has 1 N–H and O–H groups in total. The van der Waals surface area contributed by atoms with E-state index in [1.165, 1.54) is 18.3 Å². The van der Waals surface area contributed by atoms with E-state index in [2.05, 4.69) is 15.0 Å². The fraction of sp³-hybridized carbons (Fsp3) is 0.350. The molecule has 1 heterocycles. The van der Waals surface area contributed by atoms with Crippen LogP contribution in [0.5, 0.6) is 11.5 Å². The predicted molar refractivity (Wildman–Crippen MR) is 103 cm³/mol. The van der Waals surface area contributed by atoms with Crippen molar-refractivity contribution in [1.29, 1.82) is 0 Å². The molecule has 0 unspecified atom stereocenters. The van der Waals surface area contributed by atoms with Gasteiger partial charge in [0, 0.05) is 30.2 Å². The number of amides is 1. The molecule has 1 aromatic heterocycles. The summed E-state index contributed by atoms with van der Waals surface area (Å²) >= 11 is 5.90. The number of benzene rings is 1. The van der Waals surface area contributed by atoms with Gasteiger partial charge in [0.2, 0.25) is 5.91 Å². The van der Waals surface area contributed by atoms with Crippen LogP contribution in [0.2, 0.25) is 5.02 Å². The summed E-state index contributed by atoms with van der Waals surface area (Å²) in [5, 5.41) is 2.66. The smallest absolute Gasteiger partial charge is 0.492 e. The van der Waals surface area contributed by atoms with Gasteiger partial charge in [0.15, 0.2) is 5.78 Å². The zero-order chi connectivity index (χ0) is 21.7. The molecule has 1 fully saturated rings. The first kappa shape index (κ1) is 21.9. The maximum atomic E-state index is 12.3. The van der Waals surface area contributed by atoms with Gasteiger partial charge in [0.1, 0.15) is 17.3 Å². The van der Waals surface area contributed by atoms with Crippen LogP contribution in [0.4, 0.5) is 19.0 Å². The molecular formula is C20H18ClF3N2O4. The minimum absolute atomic E-state index is 0.0317. The van der Waals surface area contributed by atoms with E-state index in [4.69, 9.17) is 16.3 Å². The van der Waals surface area contributed by atoms with Crippen molar-refractivity contribution in [2.45, 2.75) is 32.0 Å². The SMILES string of the molecule is O=C(CCCOc1ccc(OC(F)(F)F)cc1Cl)c1ccnc(NC(=O)C2CC2)c1. The molecule has 2 aromatic rings. The minimum Gasteiger partial charge on any atom is -0.492 e. The Morgan fingerprint density at radius 1 is 1.20 bits per heavy atom. The average Bonchev–Trinajstić information content (AvgIpc) is 3.51. The van der Waals surface area contributed by atoms with E-state index >= 15 is 0 Å². The second kappa shape index (κ2) is 9.34. The largest absolute Gasteiger partial charge is 0.573 e. The van der Waals surface area contributed by atoms with Crippen LogP contribution in [0.3, 0.4) is 0 Å².